The molecule has 3 rings (SSSR count). The lowest BCUT2D eigenvalue weighted by atomic mass is 9.80. The maximum absolute atomic E-state index is 12.9. The number of ketones is 3. The number of methoxy groups -OCH3 is 1. The van der Waals surface area contributed by atoms with Gasteiger partial charge in [0.1, 0.15) is 5.92 Å². The fourth-order valence-corrected chi connectivity index (χ4v) is 5.39. The number of carbonyl (C=O) groups is 3. The van der Waals surface area contributed by atoms with Crippen LogP contribution in [0, 0.1) is 12.8 Å². The largest absolute Gasteiger partial charge is 0.377 e. The molecule has 25 heavy (non-hydrogen) atoms. The van der Waals surface area contributed by atoms with Crippen molar-refractivity contribution in [2.45, 2.75) is 43.6 Å². The van der Waals surface area contributed by atoms with E-state index in [1.807, 2.05) is 0 Å². The lowest BCUT2D eigenvalue weighted by Crippen LogP contribution is -2.36. The number of ether oxygens (including phenoxy) is 1. The van der Waals surface area contributed by atoms with E-state index in [4.69, 9.17) is 4.74 Å². The summed E-state index contributed by atoms with van der Waals surface area (Å²) in [7, 11) is -1.93. The van der Waals surface area contributed by atoms with Gasteiger partial charge < -0.3 is 4.74 Å². The Morgan fingerprint density at radius 2 is 1.80 bits per heavy atom. The van der Waals surface area contributed by atoms with E-state index >= 15 is 0 Å². The van der Waals surface area contributed by atoms with Crippen LogP contribution in [-0.2, 0) is 24.2 Å². The van der Waals surface area contributed by atoms with E-state index in [1.165, 1.54) is 19.2 Å². The van der Waals surface area contributed by atoms with Crippen molar-refractivity contribution in [3.05, 3.63) is 28.8 Å². The van der Waals surface area contributed by atoms with E-state index in [9.17, 15) is 22.8 Å². The van der Waals surface area contributed by atoms with Crippen LogP contribution < -0.4 is 0 Å². The Balaban J connectivity index is 2.12. The summed E-state index contributed by atoms with van der Waals surface area (Å²) in [6, 6.07) is 2.81. The van der Waals surface area contributed by atoms with Crippen molar-refractivity contribution in [2.75, 3.05) is 12.9 Å². The maximum atomic E-state index is 12.9. The first-order chi connectivity index (χ1) is 11.8. The number of rotatable bonds is 3. The van der Waals surface area contributed by atoms with Gasteiger partial charge >= 0.3 is 0 Å². The molecule has 1 aromatic carbocycles. The van der Waals surface area contributed by atoms with Gasteiger partial charge in [-0.2, -0.15) is 0 Å². The van der Waals surface area contributed by atoms with Crippen LogP contribution in [-0.4, -0.2) is 38.6 Å². The quantitative estimate of drug-likeness (QED) is 0.601. The van der Waals surface area contributed by atoms with E-state index in [1.54, 1.807) is 6.92 Å². The Labute approximate surface area is 146 Å². The molecule has 0 spiro atoms. The van der Waals surface area contributed by atoms with Gasteiger partial charge in [-0.25, -0.2) is 8.42 Å². The van der Waals surface area contributed by atoms with Gasteiger partial charge in [0, 0.05) is 31.1 Å². The summed E-state index contributed by atoms with van der Waals surface area (Å²) in [6.07, 6.45) is 0.812. The highest BCUT2D eigenvalue weighted by atomic mass is 32.2. The molecule has 1 heterocycles. The van der Waals surface area contributed by atoms with Crippen LogP contribution in [0.1, 0.15) is 53.3 Å². The second-order valence-corrected chi connectivity index (χ2v) is 8.64. The summed E-state index contributed by atoms with van der Waals surface area (Å²) in [5, 5.41) is 0. The topological polar surface area (TPSA) is 94.6 Å². The fourth-order valence-electron chi connectivity index (χ4n) is 3.75. The Kier molecular flexibility index (Phi) is 4.64. The first kappa shape index (κ1) is 17.9. The smallest absolute Gasteiger partial charge is 0.181 e. The molecule has 0 amide bonds. The van der Waals surface area contributed by atoms with Crippen LogP contribution in [0.2, 0.25) is 0 Å². The highest BCUT2D eigenvalue weighted by molar-refractivity contribution is 7.91. The van der Waals surface area contributed by atoms with Crippen LogP contribution in [0.5, 0.6) is 0 Å². The van der Waals surface area contributed by atoms with Gasteiger partial charge in [-0.3, -0.25) is 14.4 Å². The molecule has 1 aliphatic heterocycles. The third-order valence-electron chi connectivity index (χ3n) is 5.08. The van der Waals surface area contributed by atoms with Crippen LogP contribution in [0.4, 0.5) is 0 Å². The molecule has 1 unspecified atom stereocenters. The van der Waals surface area contributed by atoms with Crippen molar-refractivity contribution in [1.29, 1.82) is 0 Å². The molecular weight excluding hydrogens is 344 g/mol. The predicted octanol–water partition coefficient (Wildman–Crippen LogP) is 1.98. The Hall–Kier alpha value is -1.86. The highest BCUT2D eigenvalue weighted by Crippen LogP contribution is 2.38. The molecule has 7 heteroatoms. The molecule has 1 aromatic rings. The summed E-state index contributed by atoms with van der Waals surface area (Å²) in [5.74, 6) is -2.51. The molecule has 0 bridgehead atoms. The average molecular weight is 364 g/mol. The molecule has 0 N–H and O–H groups in total. The monoisotopic (exact) mass is 364 g/mol. The van der Waals surface area contributed by atoms with Gasteiger partial charge in [0.15, 0.2) is 27.2 Å². The van der Waals surface area contributed by atoms with Gasteiger partial charge in [-0.1, -0.05) is 0 Å². The zero-order valence-electron chi connectivity index (χ0n) is 14.2. The molecule has 0 radical (unpaired) electrons. The number of fused-ring (bicyclic) bond motifs is 1. The van der Waals surface area contributed by atoms with Gasteiger partial charge in [-0.05, 0) is 37.5 Å². The van der Waals surface area contributed by atoms with Crippen molar-refractivity contribution < 1.29 is 27.5 Å². The Morgan fingerprint density at radius 3 is 2.40 bits per heavy atom. The van der Waals surface area contributed by atoms with E-state index in [0.29, 0.717) is 24.0 Å². The molecule has 6 nitrogen and oxygen atoms in total. The van der Waals surface area contributed by atoms with Crippen molar-refractivity contribution in [2.24, 2.45) is 5.92 Å². The summed E-state index contributed by atoms with van der Waals surface area (Å²) < 4.78 is 30.1. The number of benzene rings is 1. The van der Waals surface area contributed by atoms with Gasteiger partial charge in [0.25, 0.3) is 0 Å². The fraction of sp³-hybridized carbons (Fsp3) is 0.500. The van der Waals surface area contributed by atoms with Crippen LogP contribution >= 0.6 is 0 Å². The van der Waals surface area contributed by atoms with E-state index < -0.39 is 27.6 Å². The van der Waals surface area contributed by atoms with E-state index in [-0.39, 0.29) is 40.6 Å². The zero-order valence-corrected chi connectivity index (χ0v) is 15.0. The summed E-state index contributed by atoms with van der Waals surface area (Å²) in [6.45, 7) is 1.65. The summed E-state index contributed by atoms with van der Waals surface area (Å²) in [5.41, 5.74) is 1.17. The molecule has 2 aliphatic rings. The zero-order chi connectivity index (χ0) is 18.4. The molecule has 134 valence electrons. The highest BCUT2D eigenvalue weighted by Gasteiger charge is 2.39. The van der Waals surface area contributed by atoms with Crippen LogP contribution in [0.3, 0.4) is 0 Å². The van der Waals surface area contributed by atoms with Gasteiger partial charge in [0.2, 0.25) is 0 Å². The number of sulfone groups is 1. The molecular formula is C18H20O6S. The van der Waals surface area contributed by atoms with E-state index in [2.05, 4.69) is 0 Å². The number of hydrogen-bond acceptors (Lipinski definition) is 6. The van der Waals surface area contributed by atoms with Gasteiger partial charge in [-0.15, -0.1) is 0 Å². The normalized spacial score (nSPS) is 23.4. The summed E-state index contributed by atoms with van der Waals surface area (Å²) in [4.78, 5) is 37.2. The molecule has 1 atom stereocenters. The van der Waals surface area contributed by atoms with E-state index in [0.717, 1.165) is 0 Å². The van der Waals surface area contributed by atoms with Crippen LogP contribution in [0.15, 0.2) is 17.0 Å². The minimum absolute atomic E-state index is 0.00909. The SMILES string of the molecule is COC1CCS(=O)(=O)c2ccc(C(=O)C3C(=O)CCCC3=O)c(C)c21. The second-order valence-electron chi connectivity index (χ2n) is 6.57. The number of hydrogen-bond donors (Lipinski definition) is 0. The number of carbonyl (C=O) groups excluding carboxylic acids is 3. The third-order valence-corrected chi connectivity index (χ3v) is 6.88. The second kappa shape index (κ2) is 6.46. The number of Topliss-reactive ketones (excluding diaryl/α,β-unsaturated/α-hetero) is 3. The standard InChI is InChI=1S/C18H20O6S/c1-10-11(18(21)17-12(19)4-3-5-13(17)20)6-7-15-16(10)14(24-2)8-9-25(15,22)23/h6-7,14,17H,3-5,8-9H2,1-2H3. The molecule has 0 aromatic heterocycles. The van der Waals surface area contributed by atoms with Crippen LogP contribution in [0.25, 0.3) is 0 Å². The van der Waals surface area contributed by atoms with Crippen molar-refractivity contribution in [3.8, 4) is 0 Å². The molecule has 1 fully saturated rings. The molecule has 0 saturated heterocycles. The lowest BCUT2D eigenvalue weighted by molar-refractivity contribution is -0.133. The first-order valence-corrected chi connectivity index (χ1v) is 9.92. The summed E-state index contributed by atoms with van der Waals surface area (Å²) >= 11 is 0. The Morgan fingerprint density at radius 1 is 1.16 bits per heavy atom. The Bertz CT molecular complexity index is 852. The minimum Gasteiger partial charge on any atom is -0.377 e. The van der Waals surface area contributed by atoms with Gasteiger partial charge in [0.05, 0.1) is 16.8 Å². The minimum atomic E-state index is -3.42. The molecule has 1 saturated carbocycles. The predicted molar refractivity (Wildman–Crippen MR) is 89.3 cm³/mol. The maximum Gasteiger partial charge on any atom is 0.181 e. The molecule has 1 aliphatic carbocycles. The first-order valence-electron chi connectivity index (χ1n) is 8.26. The van der Waals surface area contributed by atoms with Crippen molar-refractivity contribution in [3.63, 3.8) is 0 Å². The third kappa shape index (κ3) is 2.95. The lowest BCUT2D eigenvalue weighted by Gasteiger charge is -2.28. The van der Waals surface area contributed by atoms with Crippen molar-refractivity contribution >= 4 is 27.2 Å². The average Bonchev–Trinajstić information content (AvgIpc) is 2.55. The van der Waals surface area contributed by atoms with Crippen molar-refractivity contribution in [1.82, 2.24) is 0 Å².